The van der Waals surface area contributed by atoms with E-state index >= 15 is 0 Å². The molecule has 2 N–H and O–H groups in total. The molecule has 1 heterocycles. The van der Waals surface area contributed by atoms with Gasteiger partial charge >= 0.3 is 0 Å². The largest absolute Gasteiger partial charge is 0.508 e. The number of phenols is 1. The highest BCUT2D eigenvalue weighted by molar-refractivity contribution is 5.45. The first-order valence-electron chi connectivity index (χ1n) is 10.5. The van der Waals surface area contributed by atoms with E-state index in [1.807, 2.05) is 18.2 Å². The van der Waals surface area contributed by atoms with E-state index in [2.05, 4.69) is 29.8 Å². The third-order valence-corrected chi connectivity index (χ3v) is 7.09. The van der Waals surface area contributed by atoms with Gasteiger partial charge in [-0.2, -0.15) is 0 Å². The van der Waals surface area contributed by atoms with E-state index in [4.69, 9.17) is 0 Å². The molecule has 3 atom stereocenters. The van der Waals surface area contributed by atoms with Crippen molar-refractivity contribution in [1.82, 2.24) is 9.80 Å². The third kappa shape index (κ3) is 3.79. The maximum Gasteiger partial charge on any atom is 0.123 e. The van der Waals surface area contributed by atoms with E-state index in [1.54, 1.807) is 6.07 Å². The lowest BCUT2D eigenvalue weighted by molar-refractivity contribution is -0.0149. The summed E-state index contributed by atoms with van der Waals surface area (Å²) in [6.45, 7) is 4.87. The number of aliphatic hydroxyl groups is 1. The minimum Gasteiger partial charge on any atom is -0.508 e. The number of rotatable bonds is 6. The minimum atomic E-state index is -0.215. The van der Waals surface area contributed by atoms with E-state index in [-0.39, 0.29) is 23.9 Å². The van der Waals surface area contributed by atoms with Crippen LogP contribution in [0, 0.1) is 5.82 Å². The van der Waals surface area contributed by atoms with Crippen LogP contribution in [-0.2, 0) is 18.3 Å². The Morgan fingerprint density at radius 2 is 1.93 bits per heavy atom. The predicted octanol–water partition coefficient (Wildman–Crippen LogP) is 2.95. The van der Waals surface area contributed by atoms with Crippen molar-refractivity contribution in [2.24, 2.45) is 0 Å². The van der Waals surface area contributed by atoms with E-state index in [1.165, 1.54) is 23.3 Å². The highest BCUT2D eigenvalue weighted by Gasteiger charge is 2.51. The molecule has 2 aromatic carbocycles. The van der Waals surface area contributed by atoms with E-state index in [0.717, 1.165) is 37.9 Å². The number of likely N-dealkylation sites (N-methyl/N-ethyl adjacent to an activating group) is 1. The highest BCUT2D eigenvalue weighted by Crippen LogP contribution is 2.47. The van der Waals surface area contributed by atoms with Gasteiger partial charge in [0.2, 0.25) is 0 Å². The quantitative estimate of drug-likeness (QED) is 0.786. The lowest BCUT2D eigenvalue weighted by Crippen LogP contribution is -2.67. The fourth-order valence-electron chi connectivity index (χ4n) is 5.54. The van der Waals surface area contributed by atoms with Crippen LogP contribution in [0.25, 0.3) is 0 Å². The SMILES string of the molecule is CN1CC[C@]2(C)c3cc(O)ccc3C[C@@H]1[C@H]2N(CCO)CCc1ccc(F)cc1. The van der Waals surface area contributed by atoms with Crippen LogP contribution in [0.4, 0.5) is 4.39 Å². The van der Waals surface area contributed by atoms with Gasteiger partial charge in [-0.25, -0.2) is 4.39 Å². The van der Waals surface area contributed by atoms with Gasteiger partial charge < -0.3 is 15.1 Å². The molecule has 0 spiro atoms. The van der Waals surface area contributed by atoms with Crippen LogP contribution in [0.2, 0.25) is 0 Å². The molecule has 1 aliphatic heterocycles. The molecule has 1 fully saturated rings. The second-order valence-corrected chi connectivity index (χ2v) is 8.84. The zero-order valence-corrected chi connectivity index (χ0v) is 17.3. The van der Waals surface area contributed by atoms with Crippen LogP contribution in [0.15, 0.2) is 42.5 Å². The van der Waals surface area contributed by atoms with Gasteiger partial charge in [-0.1, -0.05) is 25.1 Å². The maximum atomic E-state index is 13.3. The number of hydrogen-bond acceptors (Lipinski definition) is 4. The summed E-state index contributed by atoms with van der Waals surface area (Å²) in [6, 6.07) is 13.1. The molecule has 4 rings (SSSR count). The van der Waals surface area contributed by atoms with Gasteiger partial charge in [0.1, 0.15) is 11.6 Å². The van der Waals surface area contributed by atoms with Crippen LogP contribution in [-0.4, -0.2) is 65.4 Å². The molecule has 4 nitrogen and oxygen atoms in total. The fourth-order valence-corrected chi connectivity index (χ4v) is 5.54. The average molecular weight is 399 g/mol. The van der Waals surface area contributed by atoms with E-state index < -0.39 is 0 Å². The van der Waals surface area contributed by atoms with Crippen LogP contribution >= 0.6 is 0 Å². The molecule has 0 aromatic heterocycles. The summed E-state index contributed by atoms with van der Waals surface area (Å²) < 4.78 is 13.3. The van der Waals surface area contributed by atoms with Crippen molar-refractivity contribution in [3.63, 3.8) is 0 Å². The first kappa shape index (κ1) is 20.3. The molecule has 0 radical (unpaired) electrons. The first-order valence-corrected chi connectivity index (χ1v) is 10.5. The van der Waals surface area contributed by atoms with Gasteiger partial charge in [0, 0.05) is 30.6 Å². The lowest BCUT2D eigenvalue weighted by Gasteiger charge is -2.58. The monoisotopic (exact) mass is 398 g/mol. The highest BCUT2D eigenvalue weighted by atomic mass is 19.1. The Kier molecular flexibility index (Phi) is 5.65. The van der Waals surface area contributed by atoms with Gasteiger partial charge in [0.25, 0.3) is 0 Å². The summed E-state index contributed by atoms with van der Waals surface area (Å²) in [5.41, 5.74) is 3.59. The van der Waals surface area contributed by atoms with Crippen LogP contribution in [0.3, 0.4) is 0 Å². The summed E-state index contributed by atoms with van der Waals surface area (Å²) in [5.74, 6) is 0.106. The third-order valence-electron chi connectivity index (χ3n) is 7.09. The maximum absolute atomic E-state index is 13.3. The number of fused-ring (bicyclic) bond motifs is 4. The zero-order valence-electron chi connectivity index (χ0n) is 17.3. The second kappa shape index (κ2) is 8.05. The topological polar surface area (TPSA) is 46.9 Å². The van der Waals surface area contributed by atoms with E-state index in [9.17, 15) is 14.6 Å². The molecule has 2 aliphatic rings. The Bertz CT molecular complexity index is 856. The van der Waals surface area contributed by atoms with Crippen molar-refractivity contribution in [2.75, 3.05) is 33.3 Å². The molecule has 5 heteroatoms. The Balaban J connectivity index is 1.66. The molecule has 1 saturated heterocycles. The first-order chi connectivity index (χ1) is 13.9. The Morgan fingerprint density at radius 1 is 1.17 bits per heavy atom. The van der Waals surface area contributed by atoms with Crippen molar-refractivity contribution in [1.29, 1.82) is 0 Å². The number of piperidine rings is 1. The molecule has 0 saturated carbocycles. The number of phenolic OH excluding ortho intramolecular Hbond substituents is 1. The van der Waals surface area contributed by atoms with Crippen molar-refractivity contribution in [3.8, 4) is 5.75 Å². The molecule has 29 heavy (non-hydrogen) atoms. The molecule has 0 unspecified atom stereocenters. The number of likely N-dealkylation sites (tertiary alicyclic amines) is 1. The number of hydrogen-bond donors (Lipinski definition) is 2. The van der Waals surface area contributed by atoms with Gasteiger partial charge in [-0.15, -0.1) is 0 Å². The Hall–Kier alpha value is -1.95. The number of aromatic hydroxyl groups is 1. The van der Waals surface area contributed by atoms with Crippen molar-refractivity contribution in [3.05, 3.63) is 65.0 Å². The normalized spacial score (nSPS) is 26.5. The molecular weight excluding hydrogens is 367 g/mol. The van der Waals surface area contributed by atoms with Crippen LogP contribution < -0.4 is 0 Å². The second-order valence-electron chi connectivity index (χ2n) is 8.84. The van der Waals surface area contributed by atoms with Gasteiger partial charge in [-0.3, -0.25) is 4.90 Å². The number of halogens is 1. The summed E-state index contributed by atoms with van der Waals surface area (Å²) >= 11 is 0. The zero-order chi connectivity index (χ0) is 20.6. The fraction of sp³-hybridized carbons (Fsp3) is 0.500. The van der Waals surface area contributed by atoms with Gasteiger partial charge in [0.15, 0.2) is 0 Å². The summed E-state index contributed by atoms with van der Waals surface area (Å²) in [6.07, 6.45) is 2.78. The summed E-state index contributed by atoms with van der Waals surface area (Å²) in [7, 11) is 2.19. The smallest absolute Gasteiger partial charge is 0.123 e. The van der Waals surface area contributed by atoms with Crippen molar-refractivity contribution in [2.45, 2.75) is 43.7 Å². The number of aliphatic hydroxyl groups excluding tert-OH is 1. The van der Waals surface area contributed by atoms with Crippen molar-refractivity contribution < 1.29 is 14.6 Å². The lowest BCUT2D eigenvalue weighted by atomic mass is 9.61. The summed E-state index contributed by atoms with van der Waals surface area (Å²) in [5, 5.41) is 20.0. The predicted molar refractivity (Wildman–Crippen MR) is 113 cm³/mol. The van der Waals surface area contributed by atoms with Gasteiger partial charge in [-0.05, 0) is 73.8 Å². The molecule has 1 aliphatic carbocycles. The number of benzene rings is 2. The van der Waals surface area contributed by atoms with E-state index in [0.29, 0.717) is 18.3 Å². The molecule has 2 aromatic rings. The average Bonchev–Trinajstić information content (AvgIpc) is 2.70. The van der Waals surface area contributed by atoms with Crippen LogP contribution in [0.1, 0.15) is 30.0 Å². The minimum absolute atomic E-state index is 0.0819. The molecular formula is C24H31FN2O2. The van der Waals surface area contributed by atoms with Crippen molar-refractivity contribution >= 4 is 0 Å². The number of nitrogens with zero attached hydrogens (tertiary/aromatic N) is 2. The summed E-state index contributed by atoms with van der Waals surface area (Å²) in [4.78, 5) is 4.86. The van der Waals surface area contributed by atoms with Crippen LogP contribution in [0.5, 0.6) is 5.75 Å². The molecule has 2 bridgehead atoms. The molecule has 0 amide bonds. The molecule has 156 valence electrons. The standard InChI is InChI=1S/C24H31FN2O2/c1-24-10-12-26(2)22(15-18-5-8-20(29)16-21(18)24)23(24)27(13-14-28)11-9-17-3-6-19(25)7-4-17/h3-8,16,22-23,28-29H,9-15H2,1-2H3/t22-,23-,24-/m1/s1. The Morgan fingerprint density at radius 3 is 2.66 bits per heavy atom. The van der Waals surface area contributed by atoms with Gasteiger partial charge in [0.05, 0.1) is 6.61 Å². The Labute approximate surface area is 172 Å².